The van der Waals surface area contributed by atoms with Crippen molar-refractivity contribution in [3.05, 3.63) is 0 Å². The van der Waals surface area contributed by atoms with E-state index in [1.54, 1.807) is 4.90 Å². The molecule has 1 heterocycles. The number of hydrogen-bond donors (Lipinski definition) is 1. The van der Waals surface area contributed by atoms with Gasteiger partial charge in [-0.05, 0) is 31.3 Å². The molecule has 0 aromatic carbocycles. The van der Waals surface area contributed by atoms with E-state index in [0.29, 0.717) is 13.1 Å². The molecule has 5 heteroatoms. The largest absolute Gasteiger partial charge is 0.415 e. The van der Waals surface area contributed by atoms with Crippen molar-refractivity contribution in [3.63, 3.8) is 0 Å². The van der Waals surface area contributed by atoms with E-state index in [1.807, 2.05) is 0 Å². The number of hydrogen-bond acceptors (Lipinski definition) is 2. The first-order valence-corrected chi connectivity index (χ1v) is 5.74. The Morgan fingerprint density at radius 2 is 1.81 bits per heavy atom. The number of β-amino-alcohol motifs (C(OH)–C–C–N with tert-alkyl or cyclic N) is 1. The molecule has 0 aromatic heterocycles. The van der Waals surface area contributed by atoms with E-state index in [0.717, 1.165) is 19.3 Å². The van der Waals surface area contributed by atoms with Gasteiger partial charge in [0.2, 0.25) is 0 Å². The van der Waals surface area contributed by atoms with E-state index >= 15 is 0 Å². The molecule has 1 atom stereocenters. The van der Waals surface area contributed by atoms with Crippen LogP contribution < -0.4 is 0 Å². The fourth-order valence-corrected chi connectivity index (χ4v) is 1.98. The fraction of sp³-hybridized carbons (Fsp3) is 1.00. The third kappa shape index (κ3) is 3.63. The van der Waals surface area contributed by atoms with Crippen molar-refractivity contribution >= 4 is 0 Å². The molecule has 0 saturated carbocycles. The number of aliphatic hydroxyl groups excluding tert-OH is 1. The molecule has 1 aliphatic rings. The summed E-state index contributed by atoms with van der Waals surface area (Å²) in [5.41, 5.74) is 0.264. The summed E-state index contributed by atoms with van der Waals surface area (Å²) < 4.78 is 36.4. The molecule has 0 radical (unpaired) electrons. The van der Waals surface area contributed by atoms with Gasteiger partial charge >= 0.3 is 6.18 Å². The van der Waals surface area contributed by atoms with Crippen molar-refractivity contribution < 1.29 is 18.3 Å². The summed E-state index contributed by atoms with van der Waals surface area (Å²) in [5.74, 6) is 0. The topological polar surface area (TPSA) is 23.5 Å². The highest BCUT2D eigenvalue weighted by molar-refractivity contribution is 4.83. The van der Waals surface area contributed by atoms with E-state index in [9.17, 15) is 13.2 Å². The van der Waals surface area contributed by atoms with E-state index in [4.69, 9.17) is 5.11 Å². The lowest BCUT2D eigenvalue weighted by Gasteiger charge is -2.39. The number of alkyl halides is 3. The van der Waals surface area contributed by atoms with Gasteiger partial charge in [0, 0.05) is 6.54 Å². The Labute approximate surface area is 94.4 Å². The smallest absolute Gasteiger partial charge is 0.382 e. The molecule has 0 aromatic rings. The maximum absolute atomic E-state index is 12.1. The number of rotatable bonds is 3. The predicted octanol–water partition coefficient (Wildman–Crippen LogP) is 2.42. The summed E-state index contributed by atoms with van der Waals surface area (Å²) in [6.07, 6.45) is -3.82. The highest BCUT2D eigenvalue weighted by Gasteiger charge is 2.40. The first kappa shape index (κ1) is 13.8. The van der Waals surface area contributed by atoms with Crippen LogP contribution in [0.25, 0.3) is 0 Å². The van der Waals surface area contributed by atoms with Crippen LogP contribution in [0.3, 0.4) is 0 Å². The van der Waals surface area contributed by atoms with Gasteiger partial charge in [0.05, 0.1) is 0 Å². The van der Waals surface area contributed by atoms with Crippen molar-refractivity contribution in [2.45, 2.75) is 45.4 Å². The van der Waals surface area contributed by atoms with Crippen molar-refractivity contribution in [2.75, 3.05) is 19.6 Å². The second kappa shape index (κ2) is 4.92. The van der Waals surface area contributed by atoms with Crippen LogP contribution in [0.2, 0.25) is 0 Å². The Morgan fingerprint density at radius 3 is 2.19 bits per heavy atom. The minimum Gasteiger partial charge on any atom is -0.382 e. The standard InChI is InChI=1S/C11H20F3NO/c1-3-10(2)4-6-15(7-5-10)8-9(16)11(12,13)14/h9,16H,3-8H2,1-2H3. The molecular weight excluding hydrogens is 219 g/mol. The number of nitrogens with zero attached hydrogens (tertiary/aromatic N) is 1. The van der Waals surface area contributed by atoms with Gasteiger partial charge in [-0.2, -0.15) is 13.2 Å². The Bertz CT molecular complexity index is 222. The molecule has 1 aliphatic heterocycles. The van der Waals surface area contributed by atoms with Gasteiger partial charge in [0.25, 0.3) is 0 Å². The summed E-state index contributed by atoms with van der Waals surface area (Å²) in [5, 5.41) is 8.96. The molecule has 1 rings (SSSR count). The lowest BCUT2D eigenvalue weighted by atomic mass is 9.78. The Morgan fingerprint density at radius 1 is 1.31 bits per heavy atom. The van der Waals surface area contributed by atoms with E-state index in [-0.39, 0.29) is 12.0 Å². The SMILES string of the molecule is CCC1(C)CCN(CC(O)C(F)(F)F)CC1. The second-order valence-corrected chi connectivity index (χ2v) is 5.02. The number of halogens is 3. The summed E-state index contributed by atoms with van der Waals surface area (Å²) in [4.78, 5) is 1.70. The molecule has 0 aliphatic carbocycles. The maximum atomic E-state index is 12.1. The second-order valence-electron chi connectivity index (χ2n) is 5.02. The lowest BCUT2D eigenvalue weighted by Crippen LogP contribution is -2.46. The average Bonchev–Trinajstić information content (AvgIpc) is 2.20. The van der Waals surface area contributed by atoms with Crippen molar-refractivity contribution in [2.24, 2.45) is 5.41 Å². The molecular formula is C11H20F3NO. The van der Waals surface area contributed by atoms with Crippen LogP contribution in [0.4, 0.5) is 13.2 Å². The molecule has 0 spiro atoms. The minimum atomic E-state index is -4.49. The zero-order valence-electron chi connectivity index (χ0n) is 9.85. The van der Waals surface area contributed by atoms with Crippen molar-refractivity contribution in [1.29, 1.82) is 0 Å². The van der Waals surface area contributed by atoms with Gasteiger partial charge in [-0.25, -0.2) is 0 Å². The van der Waals surface area contributed by atoms with Crippen LogP contribution in [-0.4, -0.2) is 41.9 Å². The third-order valence-corrected chi connectivity index (χ3v) is 3.73. The highest BCUT2D eigenvalue weighted by Crippen LogP contribution is 2.34. The Hall–Kier alpha value is -0.290. The van der Waals surface area contributed by atoms with Gasteiger partial charge in [-0.3, -0.25) is 0 Å². The molecule has 1 unspecified atom stereocenters. The van der Waals surface area contributed by atoms with Gasteiger partial charge in [-0.1, -0.05) is 20.3 Å². The first-order valence-electron chi connectivity index (χ1n) is 5.74. The van der Waals surface area contributed by atoms with E-state index < -0.39 is 12.3 Å². The van der Waals surface area contributed by atoms with Crippen LogP contribution in [0.5, 0.6) is 0 Å². The molecule has 1 saturated heterocycles. The molecule has 1 N–H and O–H groups in total. The maximum Gasteiger partial charge on any atom is 0.415 e. The molecule has 1 fully saturated rings. The van der Waals surface area contributed by atoms with Gasteiger partial charge < -0.3 is 10.0 Å². The van der Waals surface area contributed by atoms with E-state index in [2.05, 4.69) is 13.8 Å². The van der Waals surface area contributed by atoms with Crippen LogP contribution in [-0.2, 0) is 0 Å². The van der Waals surface area contributed by atoms with Gasteiger partial charge in [-0.15, -0.1) is 0 Å². The Kier molecular flexibility index (Phi) is 4.23. The van der Waals surface area contributed by atoms with E-state index in [1.165, 1.54) is 0 Å². The monoisotopic (exact) mass is 239 g/mol. The Balaban J connectivity index is 2.38. The van der Waals surface area contributed by atoms with Crippen molar-refractivity contribution in [1.82, 2.24) is 4.90 Å². The molecule has 2 nitrogen and oxygen atoms in total. The zero-order valence-corrected chi connectivity index (χ0v) is 9.85. The van der Waals surface area contributed by atoms with Crippen LogP contribution in [0, 0.1) is 5.41 Å². The molecule has 96 valence electrons. The van der Waals surface area contributed by atoms with Crippen molar-refractivity contribution in [3.8, 4) is 0 Å². The molecule has 0 bridgehead atoms. The summed E-state index contributed by atoms with van der Waals surface area (Å²) in [7, 11) is 0. The first-order chi connectivity index (χ1) is 7.27. The van der Waals surface area contributed by atoms with Crippen LogP contribution in [0.1, 0.15) is 33.1 Å². The molecule has 16 heavy (non-hydrogen) atoms. The van der Waals surface area contributed by atoms with Crippen LogP contribution >= 0.6 is 0 Å². The van der Waals surface area contributed by atoms with Crippen LogP contribution in [0.15, 0.2) is 0 Å². The third-order valence-electron chi connectivity index (χ3n) is 3.73. The minimum absolute atomic E-state index is 0.264. The highest BCUT2D eigenvalue weighted by atomic mass is 19.4. The number of aliphatic hydroxyl groups is 1. The summed E-state index contributed by atoms with van der Waals surface area (Å²) in [6, 6.07) is 0. The number of piperidine rings is 1. The average molecular weight is 239 g/mol. The summed E-state index contributed by atoms with van der Waals surface area (Å²) >= 11 is 0. The normalized spacial score (nSPS) is 24.4. The zero-order chi connectivity index (χ0) is 12.4. The van der Waals surface area contributed by atoms with Gasteiger partial charge in [0.15, 0.2) is 6.10 Å². The number of likely N-dealkylation sites (tertiary alicyclic amines) is 1. The summed E-state index contributed by atoms with van der Waals surface area (Å²) in [6.45, 7) is 5.29. The molecule has 0 amide bonds. The van der Waals surface area contributed by atoms with Gasteiger partial charge in [0.1, 0.15) is 0 Å². The predicted molar refractivity (Wildman–Crippen MR) is 56.1 cm³/mol. The quantitative estimate of drug-likeness (QED) is 0.817. The lowest BCUT2D eigenvalue weighted by molar-refractivity contribution is -0.209. The fourth-order valence-electron chi connectivity index (χ4n) is 1.98.